The first-order valence-corrected chi connectivity index (χ1v) is 8.21. The van der Waals surface area contributed by atoms with Crippen molar-refractivity contribution in [3.05, 3.63) is 29.3 Å². The van der Waals surface area contributed by atoms with Gasteiger partial charge in [-0.2, -0.15) is 0 Å². The molecule has 0 bridgehead atoms. The molecule has 0 fully saturated rings. The second kappa shape index (κ2) is 6.96. The van der Waals surface area contributed by atoms with E-state index in [9.17, 15) is 14.4 Å². The van der Waals surface area contributed by atoms with E-state index in [4.69, 9.17) is 4.74 Å². The lowest BCUT2D eigenvalue weighted by atomic mass is 10.1. The zero-order chi connectivity index (χ0) is 17.9. The predicted octanol–water partition coefficient (Wildman–Crippen LogP) is 2.47. The van der Waals surface area contributed by atoms with Crippen LogP contribution in [0.4, 0.5) is 4.79 Å². The second-order valence-electron chi connectivity index (χ2n) is 6.28. The summed E-state index contributed by atoms with van der Waals surface area (Å²) < 4.78 is 5.96. The molecule has 1 atom stereocenters. The highest BCUT2D eigenvalue weighted by atomic mass is 32.1. The molecule has 2 rings (SSSR count). The van der Waals surface area contributed by atoms with E-state index in [1.165, 1.54) is 18.3 Å². The van der Waals surface area contributed by atoms with Gasteiger partial charge in [-0.05, 0) is 45.9 Å². The molecule has 2 aromatic rings. The molecule has 3 amide bonds. The molecule has 0 saturated carbocycles. The number of hydrogen-bond acceptors (Lipinski definition) is 6. The second-order valence-corrected chi connectivity index (χ2v) is 7.16. The fourth-order valence-corrected chi connectivity index (χ4v) is 2.57. The molecular formula is C16H19N3O4S. The highest BCUT2D eigenvalue weighted by Crippen LogP contribution is 2.19. The summed E-state index contributed by atoms with van der Waals surface area (Å²) in [7, 11) is 0. The Morgan fingerprint density at radius 2 is 1.96 bits per heavy atom. The lowest BCUT2D eigenvalue weighted by Gasteiger charge is -2.21. The molecule has 0 aliphatic heterocycles. The molecular weight excluding hydrogens is 330 g/mol. The third kappa shape index (κ3) is 4.76. The largest absolute Gasteiger partial charge is 0.449 e. The van der Waals surface area contributed by atoms with Crippen molar-refractivity contribution in [3.63, 3.8) is 0 Å². The number of fused-ring (bicyclic) bond motifs is 1. The summed E-state index contributed by atoms with van der Waals surface area (Å²) in [6, 6.07) is 4.32. The smallest absolute Gasteiger partial charge is 0.338 e. The Balaban J connectivity index is 1.95. The predicted molar refractivity (Wildman–Crippen MR) is 90.9 cm³/mol. The molecule has 1 aromatic heterocycles. The van der Waals surface area contributed by atoms with Crippen LogP contribution in [-0.4, -0.2) is 34.5 Å². The number of rotatable bonds is 3. The SMILES string of the molecule is CC(OC(=O)c1ccc2ncsc2c1)C(=O)NC(=O)NC(C)(C)C. The quantitative estimate of drug-likeness (QED) is 0.830. The van der Waals surface area contributed by atoms with Crippen molar-refractivity contribution < 1.29 is 19.1 Å². The van der Waals surface area contributed by atoms with Gasteiger partial charge in [-0.1, -0.05) is 0 Å². The Morgan fingerprint density at radius 1 is 1.25 bits per heavy atom. The number of amides is 3. The van der Waals surface area contributed by atoms with Gasteiger partial charge in [0.1, 0.15) is 0 Å². The van der Waals surface area contributed by atoms with Gasteiger partial charge in [0.15, 0.2) is 6.10 Å². The first kappa shape index (κ1) is 17.9. The monoisotopic (exact) mass is 349 g/mol. The van der Waals surface area contributed by atoms with Gasteiger partial charge in [0.2, 0.25) is 0 Å². The third-order valence-corrected chi connectivity index (χ3v) is 3.74. The van der Waals surface area contributed by atoms with E-state index < -0.39 is 29.6 Å². The molecule has 1 aromatic carbocycles. The van der Waals surface area contributed by atoms with Crippen LogP contribution in [-0.2, 0) is 9.53 Å². The van der Waals surface area contributed by atoms with Gasteiger partial charge in [-0.25, -0.2) is 14.6 Å². The normalized spacial score (nSPS) is 12.5. The Bertz CT molecular complexity index is 779. The average Bonchev–Trinajstić information content (AvgIpc) is 2.92. The standard InChI is InChI=1S/C16H19N3O4S/c1-9(13(20)18-15(22)19-16(2,3)4)23-14(21)10-5-6-11-12(7-10)24-8-17-11/h5-9H,1-4H3,(H2,18,19,20,22). The maximum Gasteiger partial charge on any atom is 0.338 e. The number of carbonyl (C=O) groups excluding carboxylic acids is 3. The molecule has 0 radical (unpaired) electrons. The number of ether oxygens (including phenoxy) is 1. The number of nitrogens with one attached hydrogen (secondary N) is 2. The van der Waals surface area contributed by atoms with Crippen LogP contribution in [0.25, 0.3) is 10.2 Å². The minimum atomic E-state index is -1.10. The molecule has 24 heavy (non-hydrogen) atoms. The van der Waals surface area contributed by atoms with Crippen molar-refractivity contribution in [2.24, 2.45) is 0 Å². The topological polar surface area (TPSA) is 97.4 Å². The van der Waals surface area contributed by atoms with E-state index in [1.54, 1.807) is 44.5 Å². The lowest BCUT2D eigenvalue weighted by Crippen LogP contribution is -2.50. The molecule has 0 saturated heterocycles. The molecule has 0 aliphatic rings. The Hall–Kier alpha value is -2.48. The molecule has 1 unspecified atom stereocenters. The highest BCUT2D eigenvalue weighted by molar-refractivity contribution is 7.16. The van der Waals surface area contributed by atoms with Crippen LogP contribution in [0.1, 0.15) is 38.1 Å². The summed E-state index contributed by atoms with van der Waals surface area (Å²) >= 11 is 1.41. The number of hydrogen-bond donors (Lipinski definition) is 2. The van der Waals surface area contributed by atoms with E-state index in [1.807, 2.05) is 0 Å². The molecule has 7 nitrogen and oxygen atoms in total. The molecule has 8 heteroatoms. The molecule has 128 valence electrons. The lowest BCUT2D eigenvalue weighted by molar-refractivity contribution is -0.127. The maximum atomic E-state index is 12.1. The van der Waals surface area contributed by atoms with Gasteiger partial charge in [0.25, 0.3) is 5.91 Å². The van der Waals surface area contributed by atoms with Crippen LogP contribution in [0.3, 0.4) is 0 Å². The first-order valence-electron chi connectivity index (χ1n) is 7.33. The summed E-state index contributed by atoms with van der Waals surface area (Å²) in [6.07, 6.45) is -1.10. The fraction of sp³-hybridized carbons (Fsp3) is 0.375. The van der Waals surface area contributed by atoms with E-state index >= 15 is 0 Å². The summed E-state index contributed by atoms with van der Waals surface area (Å²) in [5.41, 5.74) is 2.32. The van der Waals surface area contributed by atoms with Crippen LogP contribution < -0.4 is 10.6 Å². The van der Waals surface area contributed by atoms with Gasteiger partial charge >= 0.3 is 12.0 Å². The van der Waals surface area contributed by atoms with Crippen LogP contribution in [0.5, 0.6) is 0 Å². The van der Waals surface area contributed by atoms with E-state index in [2.05, 4.69) is 15.6 Å². The Morgan fingerprint density at radius 3 is 2.62 bits per heavy atom. The molecule has 2 N–H and O–H groups in total. The Kier molecular flexibility index (Phi) is 5.18. The molecule has 0 aliphatic carbocycles. The average molecular weight is 349 g/mol. The van der Waals surface area contributed by atoms with Gasteiger partial charge < -0.3 is 10.1 Å². The molecule has 0 spiro atoms. The van der Waals surface area contributed by atoms with Gasteiger partial charge in [0, 0.05) is 5.54 Å². The van der Waals surface area contributed by atoms with E-state index in [0.29, 0.717) is 5.56 Å². The van der Waals surface area contributed by atoms with Crippen LogP contribution in [0, 0.1) is 0 Å². The van der Waals surface area contributed by atoms with Crippen molar-refractivity contribution >= 4 is 39.5 Å². The van der Waals surface area contributed by atoms with Crippen molar-refractivity contribution in [3.8, 4) is 0 Å². The van der Waals surface area contributed by atoms with Crippen LogP contribution in [0.15, 0.2) is 23.7 Å². The van der Waals surface area contributed by atoms with E-state index in [0.717, 1.165) is 10.2 Å². The van der Waals surface area contributed by atoms with Gasteiger partial charge in [0.05, 0.1) is 21.3 Å². The number of urea groups is 1. The van der Waals surface area contributed by atoms with E-state index in [-0.39, 0.29) is 0 Å². The number of aromatic nitrogens is 1. The first-order chi connectivity index (χ1) is 11.2. The van der Waals surface area contributed by atoms with Gasteiger partial charge in [-0.15, -0.1) is 11.3 Å². The van der Waals surface area contributed by atoms with Crippen LogP contribution in [0.2, 0.25) is 0 Å². The zero-order valence-electron chi connectivity index (χ0n) is 13.9. The summed E-state index contributed by atoms with van der Waals surface area (Å²) in [6.45, 7) is 6.77. The number of benzene rings is 1. The van der Waals surface area contributed by atoms with Crippen molar-refractivity contribution in [1.29, 1.82) is 0 Å². The zero-order valence-corrected chi connectivity index (χ0v) is 14.7. The van der Waals surface area contributed by atoms with Crippen molar-refractivity contribution in [2.75, 3.05) is 0 Å². The third-order valence-electron chi connectivity index (χ3n) is 2.95. The minimum absolute atomic E-state index is 0.325. The summed E-state index contributed by atoms with van der Waals surface area (Å²) in [5, 5.41) is 4.73. The van der Waals surface area contributed by atoms with Crippen LogP contribution >= 0.6 is 11.3 Å². The maximum absolute atomic E-state index is 12.1. The van der Waals surface area contributed by atoms with Crippen molar-refractivity contribution in [1.82, 2.24) is 15.6 Å². The number of esters is 1. The van der Waals surface area contributed by atoms with Crippen molar-refractivity contribution in [2.45, 2.75) is 39.3 Å². The number of thiazole rings is 1. The summed E-state index contributed by atoms with van der Waals surface area (Å²) in [5.74, 6) is -1.33. The Labute approximate surface area is 143 Å². The highest BCUT2D eigenvalue weighted by Gasteiger charge is 2.22. The number of nitrogens with zero attached hydrogens (tertiary/aromatic N) is 1. The number of carbonyl (C=O) groups is 3. The number of imide groups is 1. The molecule has 1 heterocycles. The minimum Gasteiger partial charge on any atom is -0.449 e. The fourth-order valence-electron chi connectivity index (χ4n) is 1.85. The summed E-state index contributed by atoms with van der Waals surface area (Å²) in [4.78, 5) is 39.8. The van der Waals surface area contributed by atoms with Gasteiger partial charge in [-0.3, -0.25) is 10.1 Å².